The average molecular weight is 294 g/mol. The van der Waals surface area contributed by atoms with Crippen molar-refractivity contribution < 1.29 is 0 Å². The van der Waals surface area contributed by atoms with E-state index in [9.17, 15) is 0 Å². The van der Waals surface area contributed by atoms with Crippen molar-refractivity contribution in [2.45, 2.75) is 6.54 Å². The summed E-state index contributed by atoms with van der Waals surface area (Å²) >= 11 is 6.72. The number of rotatable bonds is 4. The molecule has 1 aromatic carbocycles. The van der Waals surface area contributed by atoms with Crippen molar-refractivity contribution in [2.24, 2.45) is 10.8 Å². The fourth-order valence-corrected chi connectivity index (χ4v) is 2.99. The highest BCUT2D eigenvalue weighted by atomic mass is 32.2. The van der Waals surface area contributed by atoms with Gasteiger partial charge in [0.05, 0.1) is 6.21 Å². The van der Waals surface area contributed by atoms with Gasteiger partial charge in [-0.2, -0.15) is 16.9 Å². The average Bonchev–Trinajstić information content (AvgIpc) is 2.40. The lowest BCUT2D eigenvalue weighted by Crippen LogP contribution is -2.31. The van der Waals surface area contributed by atoms with Crippen molar-refractivity contribution in [2.75, 3.05) is 24.6 Å². The van der Waals surface area contributed by atoms with Gasteiger partial charge in [0.15, 0.2) is 5.11 Å². The van der Waals surface area contributed by atoms with Gasteiger partial charge in [0, 0.05) is 31.1 Å². The summed E-state index contributed by atoms with van der Waals surface area (Å²) in [6, 6.07) is 8.36. The molecular formula is C13H18N4S2. The number of hydrazone groups is 1. The third-order valence-electron chi connectivity index (χ3n) is 2.85. The highest BCUT2D eigenvalue weighted by Crippen LogP contribution is 2.13. The molecule has 0 radical (unpaired) electrons. The third-order valence-corrected chi connectivity index (χ3v) is 3.88. The quantitative estimate of drug-likeness (QED) is 0.499. The molecule has 1 aromatic rings. The van der Waals surface area contributed by atoms with E-state index in [0.717, 1.165) is 12.1 Å². The van der Waals surface area contributed by atoms with Crippen LogP contribution < -0.4 is 11.2 Å². The van der Waals surface area contributed by atoms with Crippen LogP contribution >= 0.6 is 24.0 Å². The molecule has 6 heteroatoms. The van der Waals surface area contributed by atoms with E-state index < -0.39 is 0 Å². The smallest absolute Gasteiger partial charge is 0.184 e. The van der Waals surface area contributed by atoms with Gasteiger partial charge in [0.2, 0.25) is 0 Å². The zero-order chi connectivity index (χ0) is 13.5. The Morgan fingerprint density at radius 2 is 2.26 bits per heavy atom. The highest BCUT2D eigenvalue weighted by molar-refractivity contribution is 7.99. The van der Waals surface area contributed by atoms with Crippen LogP contribution in [0.5, 0.6) is 0 Å². The molecule has 2 rings (SSSR count). The second-order valence-electron chi connectivity index (χ2n) is 4.37. The molecule has 1 heterocycles. The lowest BCUT2D eigenvalue weighted by atomic mass is 10.1. The fraction of sp³-hybridized carbons (Fsp3) is 0.385. The van der Waals surface area contributed by atoms with E-state index in [1.54, 1.807) is 6.21 Å². The van der Waals surface area contributed by atoms with E-state index >= 15 is 0 Å². The highest BCUT2D eigenvalue weighted by Gasteiger charge is 2.10. The molecule has 1 saturated heterocycles. The molecule has 0 aliphatic carbocycles. The molecule has 0 spiro atoms. The maximum absolute atomic E-state index is 5.31. The van der Waals surface area contributed by atoms with E-state index in [-0.39, 0.29) is 5.11 Å². The SMILES string of the molecule is NC(=S)NN=Cc1cccc(CN2CCSCC2)c1. The normalized spacial score (nSPS) is 16.6. The van der Waals surface area contributed by atoms with Crippen LogP contribution in [0.3, 0.4) is 0 Å². The zero-order valence-corrected chi connectivity index (χ0v) is 12.3. The first-order valence-electron chi connectivity index (χ1n) is 6.21. The Hall–Kier alpha value is -1.11. The predicted octanol–water partition coefficient (Wildman–Crippen LogP) is 1.40. The maximum Gasteiger partial charge on any atom is 0.184 e. The number of thiocarbonyl (C=S) groups is 1. The van der Waals surface area contributed by atoms with Crippen LogP contribution in [0.2, 0.25) is 0 Å². The van der Waals surface area contributed by atoms with Gasteiger partial charge < -0.3 is 5.73 Å². The van der Waals surface area contributed by atoms with Crippen molar-refractivity contribution in [1.82, 2.24) is 10.3 Å². The summed E-state index contributed by atoms with van der Waals surface area (Å²) in [5, 5.41) is 4.15. The van der Waals surface area contributed by atoms with Gasteiger partial charge in [-0.1, -0.05) is 18.2 Å². The number of nitrogens with one attached hydrogen (secondary N) is 1. The first-order chi connectivity index (χ1) is 9.24. The molecule has 19 heavy (non-hydrogen) atoms. The van der Waals surface area contributed by atoms with E-state index in [4.69, 9.17) is 5.73 Å². The van der Waals surface area contributed by atoms with Crippen LogP contribution in [0.25, 0.3) is 0 Å². The summed E-state index contributed by atoms with van der Waals surface area (Å²) in [5.41, 5.74) is 10.2. The standard InChI is InChI=1S/C13H18N4S2/c14-13(18)16-15-9-11-2-1-3-12(8-11)10-17-4-6-19-7-5-17/h1-3,8-9H,4-7,10H2,(H3,14,16,18). The lowest BCUT2D eigenvalue weighted by Gasteiger charge is -2.26. The maximum atomic E-state index is 5.31. The Bertz CT molecular complexity index is 456. The minimum absolute atomic E-state index is 0.179. The Kier molecular flexibility index (Phi) is 5.62. The molecule has 0 bridgehead atoms. The van der Waals surface area contributed by atoms with Crippen LogP contribution in [0.15, 0.2) is 29.4 Å². The third kappa shape index (κ3) is 5.18. The molecule has 0 saturated carbocycles. The van der Waals surface area contributed by atoms with Gasteiger partial charge in [-0.25, -0.2) is 0 Å². The van der Waals surface area contributed by atoms with Crippen molar-refractivity contribution in [3.05, 3.63) is 35.4 Å². The van der Waals surface area contributed by atoms with Crippen LogP contribution in [-0.4, -0.2) is 40.8 Å². The van der Waals surface area contributed by atoms with Crippen LogP contribution in [0.1, 0.15) is 11.1 Å². The lowest BCUT2D eigenvalue weighted by molar-refractivity contribution is 0.294. The molecule has 102 valence electrons. The number of hydrogen-bond acceptors (Lipinski definition) is 4. The number of hydrogen-bond donors (Lipinski definition) is 2. The van der Waals surface area contributed by atoms with Crippen molar-refractivity contribution in [3.8, 4) is 0 Å². The summed E-state index contributed by atoms with van der Waals surface area (Å²) < 4.78 is 0. The summed E-state index contributed by atoms with van der Waals surface area (Å²) in [6.07, 6.45) is 1.73. The van der Waals surface area contributed by atoms with Gasteiger partial charge in [0.25, 0.3) is 0 Å². The molecule has 0 amide bonds. The minimum Gasteiger partial charge on any atom is -0.375 e. The van der Waals surface area contributed by atoms with Crippen molar-refractivity contribution in [1.29, 1.82) is 0 Å². The van der Waals surface area contributed by atoms with E-state index in [1.165, 1.54) is 30.2 Å². The number of benzene rings is 1. The van der Waals surface area contributed by atoms with Gasteiger partial charge >= 0.3 is 0 Å². The zero-order valence-electron chi connectivity index (χ0n) is 10.7. The monoisotopic (exact) mass is 294 g/mol. The summed E-state index contributed by atoms with van der Waals surface area (Å²) in [6.45, 7) is 3.35. The molecule has 1 aliphatic rings. The molecule has 0 unspecified atom stereocenters. The Balaban J connectivity index is 1.94. The number of thioether (sulfide) groups is 1. The Morgan fingerprint density at radius 1 is 1.47 bits per heavy atom. The topological polar surface area (TPSA) is 53.6 Å². The van der Waals surface area contributed by atoms with E-state index in [0.29, 0.717) is 0 Å². The molecule has 4 nitrogen and oxygen atoms in total. The van der Waals surface area contributed by atoms with E-state index in [1.807, 2.05) is 17.8 Å². The summed E-state index contributed by atoms with van der Waals surface area (Å²) in [7, 11) is 0. The van der Waals surface area contributed by atoms with Gasteiger partial charge in [0.1, 0.15) is 0 Å². The number of nitrogens with two attached hydrogens (primary N) is 1. The largest absolute Gasteiger partial charge is 0.375 e. The van der Waals surface area contributed by atoms with Gasteiger partial charge in [-0.15, -0.1) is 0 Å². The van der Waals surface area contributed by atoms with Crippen molar-refractivity contribution in [3.63, 3.8) is 0 Å². The summed E-state index contributed by atoms with van der Waals surface area (Å²) in [4.78, 5) is 2.49. The molecule has 0 aromatic heterocycles. The fourth-order valence-electron chi connectivity index (χ4n) is 1.96. The first kappa shape index (κ1) is 14.3. The molecule has 1 fully saturated rings. The van der Waals surface area contributed by atoms with Gasteiger partial charge in [-0.05, 0) is 29.4 Å². The molecule has 1 aliphatic heterocycles. The van der Waals surface area contributed by atoms with Crippen LogP contribution in [-0.2, 0) is 6.54 Å². The minimum atomic E-state index is 0.179. The predicted molar refractivity (Wildman–Crippen MR) is 86.6 cm³/mol. The van der Waals surface area contributed by atoms with E-state index in [2.05, 4.69) is 45.8 Å². The molecule has 0 atom stereocenters. The second kappa shape index (κ2) is 7.47. The second-order valence-corrected chi connectivity index (χ2v) is 6.03. The Labute approximate surface area is 123 Å². The van der Waals surface area contributed by atoms with Gasteiger partial charge in [-0.3, -0.25) is 10.3 Å². The molecule has 3 N–H and O–H groups in total. The number of nitrogens with zero attached hydrogens (tertiary/aromatic N) is 2. The van der Waals surface area contributed by atoms with Crippen LogP contribution in [0.4, 0.5) is 0 Å². The van der Waals surface area contributed by atoms with Crippen molar-refractivity contribution >= 4 is 35.3 Å². The van der Waals surface area contributed by atoms with Crippen LogP contribution in [0, 0.1) is 0 Å². The summed E-state index contributed by atoms with van der Waals surface area (Å²) in [5.74, 6) is 2.47. The first-order valence-corrected chi connectivity index (χ1v) is 7.78. The molecular weight excluding hydrogens is 276 g/mol. The Morgan fingerprint density at radius 3 is 3.00 bits per heavy atom.